The van der Waals surface area contributed by atoms with Crippen LogP contribution in [0.2, 0.25) is 0 Å². The number of carbonyl (C=O) groups excluding carboxylic acids is 1. The second-order valence-corrected chi connectivity index (χ2v) is 7.33. The molecule has 0 saturated heterocycles. The summed E-state index contributed by atoms with van der Waals surface area (Å²) in [4.78, 5) is 28.9. The summed E-state index contributed by atoms with van der Waals surface area (Å²) < 4.78 is 12.1. The van der Waals surface area contributed by atoms with Gasteiger partial charge in [-0.25, -0.2) is 4.98 Å². The summed E-state index contributed by atoms with van der Waals surface area (Å²) in [5, 5.41) is 3.63. The van der Waals surface area contributed by atoms with E-state index in [9.17, 15) is 9.59 Å². The Hall–Kier alpha value is -2.48. The number of amides is 1. The Morgan fingerprint density at radius 1 is 1.30 bits per heavy atom. The lowest BCUT2D eigenvalue weighted by Crippen LogP contribution is -2.31. The van der Waals surface area contributed by atoms with Crippen LogP contribution in [-0.4, -0.2) is 42.0 Å². The molecular weight excluding hydrogens is 366 g/mol. The van der Waals surface area contributed by atoms with Crippen LogP contribution in [0, 0.1) is 6.92 Å². The molecule has 2 heterocycles. The molecule has 144 valence electrons. The highest BCUT2D eigenvalue weighted by atomic mass is 32.2. The van der Waals surface area contributed by atoms with E-state index in [0.29, 0.717) is 41.1 Å². The first-order valence-electron chi connectivity index (χ1n) is 8.72. The van der Waals surface area contributed by atoms with E-state index < -0.39 is 0 Å². The van der Waals surface area contributed by atoms with Gasteiger partial charge in [0, 0.05) is 30.5 Å². The molecule has 0 radical (unpaired) electrons. The number of fused-ring (bicyclic) bond motifs is 1. The Labute approximate surface area is 162 Å². The van der Waals surface area contributed by atoms with E-state index in [1.807, 2.05) is 18.2 Å². The number of ether oxygens (including phenoxy) is 2. The highest BCUT2D eigenvalue weighted by molar-refractivity contribution is 7.99. The number of aryl methyl sites for hydroxylation is 1. The number of hydrogen-bond acceptors (Lipinski definition) is 6. The zero-order valence-electron chi connectivity index (χ0n) is 15.7. The largest absolute Gasteiger partial charge is 0.493 e. The number of carbonyl (C=O) groups is 1. The molecule has 0 saturated carbocycles. The summed E-state index contributed by atoms with van der Waals surface area (Å²) >= 11 is 1.52. The molecule has 3 rings (SSSR count). The molecule has 0 bridgehead atoms. The topological polar surface area (TPSA) is 82.5 Å². The highest BCUT2D eigenvalue weighted by Crippen LogP contribution is 2.32. The zero-order valence-corrected chi connectivity index (χ0v) is 16.5. The molecule has 1 amide bonds. The van der Waals surface area contributed by atoms with E-state index in [1.54, 1.807) is 25.7 Å². The maximum absolute atomic E-state index is 12.3. The Kier molecular flexibility index (Phi) is 6.05. The van der Waals surface area contributed by atoms with Crippen LogP contribution in [-0.2, 0) is 11.2 Å². The fourth-order valence-electron chi connectivity index (χ4n) is 3.08. The van der Waals surface area contributed by atoms with Gasteiger partial charge in [0.2, 0.25) is 5.91 Å². The zero-order chi connectivity index (χ0) is 19.4. The number of hydrogen-bond donors (Lipinski definition) is 1. The van der Waals surface area contributed by atoms with Gasteiger partial charge in [-0.1, -0.05) is 17.8 Å². The van der Waals surface area contributed by atoms with Crippen LogP contribution in [0.4, 0.5) is 0 Å². The third-order valence-corrected chi connectivity index (χ3v) is 5.52. The molecule has 2 aromatic rings. The standard InChI is InChI=1S/C19H23N3O4S/c1-12-8-18(24)22-14(11-27-19(22)21-12)10-17(23)20-7-6-13-4-5-15(25-2)16(9-13)26-3/h4-5,8-9,14H,6-7,10-11H2,1-3H3,(H,20,23)/t14-/m1/s1. The third kappa shape index (κ3) is 4.44. The average Bonchev–Trinajstić information content (AvgIpc) is 3.04. The Balaban J connectivity index is 1.54. The van der Waals surface area contributed by atoms with Crippen molar-refractivity contribution in [3.63, 3.8) is 0 Å². The van der Waals surface area contributed by atoms with E-state index in [-0.39, 0.29) is 23.9 Å². The summed E-state index contributed by atoms with van der Waals surface area (Å²) in [5.41, 5.74) is 1.66. The number of nitrogens with one attached hydrogen (secondary N) is 1. The first-order chi connectivity index (χ1) is 13.0. The molecule has 7 nitrogen and oxygen atoms in total. The number of methoxy groups -OCH3 is 2. The molecule has 1 aromatic carbocycles. The molecule has 27 heavy (non-hydrogen) atoms. The van der Waals surface area contributed by atoms with Crippen molar-refractivity contribution in [1.29, 1.82) is 0 Å². The number of benzene rings is 1. The van der Waals surface area contributed by atoms with E-state index >= 15 is 0 Å². The van der Waals surface area contributed by atoms with Crippen molar-refractivity contribution < 1.29 is 14.3 Å². The normalized spacial score (nSPS) is 15.3. The summed E-state index contributed by atoms with van der Waals surface area (Å²) in [6, 6.07) is 7.07. The van der Waals surface area contributed by atoms with Crippen molar-refractivity contribution in [2.45, 2.75) is 31.0 Å². The van der Waals surface area contributed by atoms with Crippen LogP contribution in [0.3, 0.4) is 0 Å². The maximum Gasteiger partial charge on any atom is 0.254 e. The van der Waals surface area contributed by atoms with Crippen molar-refractivity contribution in [3.8, 4) is 11.5 Å². The smallest absolute Gasteiger partial charge is 0.254 e. The number of thioether (sulfide) groups is 1. The molecule has 0 aliphatic carbocycles. The Bertz CT molecular complexity index is 897. The summed E-state index contributed by atoms with van der Waals surface area (Å²) in [5.74, 6) is 1.97. The molecule has 0 unspecified atom stereocenters. The van der Waals surface area contributed by atoms with Gasteiger partial charge in [0.25, 0.3) is 5.56 Å². The van der Waals surface area contributed by atoms with Crippen molar-refractivity contribution in [2.24, 2.45) is 0 Å². The average molecular weight is 389 g/mol. The minimum Gasteiger partial charge on any atom is -0.493 e. The van der Waals surface area contributed by atoms with Gasteiger partial charge in [-0.05, 0) is 31.0 Å². The summed E-state index contributed by atoms with van der Waals surface area (Å²) in [7, 11) is 3.19. The van der Waals surface area contributed by atoms with E-state index in [0.717, 1.165) is 5.56 Å². The van der Waals surface area contributed by atoms with Crippen LogP contribution in [0.1, 0.15) is 23.7 Å². The predicted molar refractivity (Wildman–Crippen MR) is 104 cm³/mol. The maximum atomic E-state index is 12.3. The van der Waals surface area contributed by atoms with E-state index in [4.69, 9.17) is 9.47 Å². The monoisotopic (exact) mass is 389 g/mol. The molecule has 1 N–H and O–H groups in total. The first kappa shape index (κ1) is 19.3. The second-order valence-electron chi connectivity index (χ2n) is 6.35. The summed E-state index contributed by atoms with van der Waals surface area (Å²) in [6.07, 6.45) is 0.958. The Morgan fingerprint density at radius 3 is 2.81 bits per heavy atom. The minimum absolute atomic E-state index is 0.0681. The molecule has 1 atom stereocenters. The second kappa shape index (κ2) is 8.47. The fraction of sp³-hybridized carbons (Fsp3) is 0.421. The molecule has 1 aromatic heterocycles. The fourth-order valence-corrected chi connectivity index (χ4v) is 4.28. The lowest BCUT2D eigenvalue weighted by molar-refractivity contribution is -0.121. The molecule has 8 heteroatoms. The third-order valence-electron chi connectivity index (χ3n) is 4.42. The quantitative estimate of drug-likeness (QED) is 0.729. The van der Waals surface area contributed by atoms with Gasteiger partial charge in [0.05, 0.1) is 20.3 Å². The van der Waals surface area contributed by atoms with Gasteiger partial charge in [-0.15, -0.1) is 0 Å². The molecule has 1 aliphatic heterocycles. The molecule has 1 aliphatic rings. The molecule has 0 fully saturated rings. The number of nitrogens with zero attached hydrogens (tertiary/aromatic N) is 2. The first-order valence-corrected chi connectivity index (χ1v) is 9.71. The van der Waals surface area contributed by atoms with Crippen molar-refractivity contribution in [2.75, 3.05) is 26.5 Å². The predicted octanol–water partition coefficient (Wildman–Crippen LogP) is 1.96. The number of rotatable bonds is 7. The van der Waals surface area contributed by atoms with Gasteiger partial charge in [0.1, 0.15) is 0 Å². The molecule has 0 spiro atoms. The van der Waals surface area contributed by atoms with Crippen LogP contribution in [0.5, 0.6) is 11.5 Å². The van der Waals surface area contributed by atoms with E-state index in [2.05, 4.69) is 10.3 Å². The van der Waals surface area contributed by atoms with Crippen LogP contribution < -0.4 is 20.3 Å². The van der Waals surface area contributed by atoms with Gasteiger partial charge < -0.3 is 14.8 Å². The Morgan fingerprint density at radius 2 is 2.07 bits per heavy atom. The lowest BCUT2D eigenvalue weighted by atomic mass is 10.1. The highest BCUT2D eigenvalue weighted by Gasteiger charge is 2.27. The van der Waals surface area contributed by atoms with Crippen LogP contribution >= 0.6 is 11.8 Å². The van der Waals surface area contributed by atoms with Gasteiger partial charge in [0.15, 0.2) is 16.7 Å². The minimum atomic E-state index is -0.147. The van der Waals surface area contributed by atoms with Gasteiger partial charge >= 0.3 is 0 Å². The van der Waals surface area contributed by atoms with Gasteiger partial charge in [-0.3, -0.25) is 14.2 Å². The van der Waals surface area contributed by atoms with Crippen molar-refractivity contribution >= 4 is 17.7 Å². The summed E-state index contributed by atoms with van der Waals surface area (Å²) in [6.45, 7) is 2.32. The van der Waals surface area contributed by atoms with Crippen LogP contribution in [0.15, 0.2) is 34.2 Å². The number of aromatic nitrogens is 2. The van der Waals surface area contributed by atoms with Crippen LogP contribution in [0.25, 0.3) is 0 Å². The van der Waals surface area contributed by atoms with E-state index in [1.165, 1.54) is 17.8 Å². The lowest BCUT2D eigenvalue weighted by Gasteiger charge is -2.13. The van der Waals surface area contributed by atoms with Crippen molar-refractivity contribution in [3.05, 3.63) is 45.9 Å². The van der Waals surface area contributed by atoms with Crippen molar-refractivity contribution in [1.82, 2.24) is 14.9 Å². The molecular formula is C19H23N3O4S. The SMILES string of the molecule is COc1ccc(CCNC(=O)C[C@@H]2CSc3nc(C)cc(=O)n32)cc1OC. The van der Waals surface area contributed by atoms with Gasteiger partial charge in [-0.2, -0.15) is 0 Å².